The lowest BCUT2D eigenvalue weighted by Crippen LogP contribution is -1.96. The maximum Gasteiger partial charge on any atom is 0.125 e. The number of benzene rings is 3. The molecule has 0 amide bonds. The molecule has 3 heteroatoms. The number of rotatable bonds is 2. The first kappa shape index (κ1) is 11.5. The summed E-state index contributed by atoms with van der Waals surface area (Å²) in [5, 5.41) is 5.53. The molecule has 0 aliphatic rings. The Labute approximate surface area is 110 Å². The molecule has 0 spiro atoms. The summed E-state index contributed by atoms with van der Waals surface area (Å²) >= 11 is 0. The molecule has 0 atom stereocenters. The lowest BCUT2D eigenvalue weighted by atomic mass is 10.1. The second-order valence-electron chi connectivity index (χ2n) is 4.42. The molecule has 3 aromatic carbocycles. The fourth-order valence-corrected chi connectivity index (χ4v) is 2.07. The predicted molar refractivity (Wildman–Crippen MR) is 78.0 cm³/mol. The van der Waals surface area contributed by atoms with Crippen molar-refractivity contribution in [2.24, 2.45) is 0 Å². The van der Waals surface area contributed by atoms with E-state index in [9.17, 15) is 4.39 Å². The van der Waals surface area contributed by atoms with Gasteiger partial charge in [0.05, 0.1) is 11.4 Å². The first-order valence-corrected chi connectivity index (χ1v) is 6.03. The van der Waals surface area contributed by atoms with Crippen molar-refractivity contribution < 1.29 is 4.39 Å². The first-order chi connectivity index (χ1) is 9.22. The highest BCUT2D eigenvalue weighted by atomic mass is 19.1. The zero-order valence-corrected chi connectivity index (χ0v) is 10.2. The minimum Gasteiger partial charge on any atom is -0.397 e. The Morgan fingerprint density at radius 2 is 1.63 bits per heavy atom. The van der Waals surface area contributed by atoms with Gasteiger partial charge in [-0.05, 0) is 41.1 Å². The number of anilines is 3. The molecule has 2 nitrogen and oxygen atoms in total. The third kappa shape index (κ3) is 2.36. The molecule has 0 fully saturated rings. The van der Waals surface area contributed by atoms with Gasteiger partial charge >= 0.3 is 0 Å². The summed E-state index contributed by atoms with van der Waals surface area (Å²) < 4.78 is 13.0. The topological polar surface area (TPSA) is 38.0 Å². The summed E-state index contributed by atoms with van der Waals surface area (Å²) in [6, 6.07) is 18.5. The zero-order valence-electron chi connectivity index (χ0n) is 10.2. The number of hydrogen-bond acceptors (Lipinski definition) is 2. The van der Waals surface area contributed by atoms with Crippen molar-refractivity contribution in [3.8, 4) is 0 Å². The van der Waals surface area contributed by atoms with Gasteiger partial charge in [-0.25, -0.2) is 4.39 Å². The monoisotopic (exact) mass is 252 g/mol. The molecule has 3 N–H and O–H groups in total. The summed E-state index contributed by atoms with van der Waals surface area (Å²) in [4.78, 5) is 0. The number of nitrogens with one attached hydrogen (secondary N) is 1. The molecule has 0 aliphatic carbocycles. The molecule has 19 heavy (non-hydrogen) atoms. The number of halogens is 1. The highest BCUT2D eigenvalue weighted by Crippen LogP contribution is 2.26. The third-order valence-corrected chi connectivity index (χ3v) is 3.04. The molecular weight excluding hydrogens is 239 g/mol. The van der Waals surface area contributed by atoms with E-state index in [0.29, 0.717) is 11.4 Å². The highest BCUT2D eigenvalue weighted by Gasteiger charge is 2.02. The largest absolute Gasteiger partial charge is 0.397 e. The Balaban J connectivity index is 1.96. The van der Waals surface area contributed by atoms with E-state index < -0.39 is 0 Å². The SMILES string of the molecule is Nc1cc(F)ccc1Nc1ccc2ccccc2c1. The van der Waals surface area contributed by atoms with Crippen LogP contribution < -0.4 is 11.1 Å². The summed E-state index contributed by atoms with van der Waals surface area (Å²) in [5.74, 6) is -0.332. The molecule has 0 aliphatic heterocycles. The van der Waals surface area contributed by atoms with E-state index in [1.54, 1.807) is 6.07 Å². The second kappa shape index (κ2) is 4.61. The van der Waals surface area contributed by atoms with Crippen molar-refractivity contribution in [1.29, 1.82) is 0 Å². The summed E-state index contributed by atoms with van der Waals surface area (Å²) in [7, 11) is 0. The molecule has 94 valence electrons. The second-order valence-corrected chi connectivity index (χ2v) is 4.42. The first-order valence-electron chi connectivity index (χ1n) is 6.03. The molecule has 0 bridgehead atoms. The van der Waals surface area contributed by atoms with Crippen LogP contribution in [0.3, 0.4) is 0 Å². The van der Waals surface area contributed by atoms with Crippen molar-refractivity contribution in [2.75, 3.05) is 11.1 Å². The lowest BCUT2D eigenvalue weighted by Gasteiger charge is -2.10. The quantitative estimate of drug-likeness (QED) is 0.667. The van der Waals surface area contributed by atoms with E-state index in [4.69, 9.17) is 5.73 Å². The molecule has 0 saturated heterocycles. The van der Waals surface area contributed by atoms with Crippen LogP contribution in [0.25, 0.3) is 10.8 Å². The van der Waals surface area contributed by atoms with E-state index in [-0.39, 0.29) is 5.82 Å². The van der Waals surface area contributed by atoms with Crippen LogP contribution in [-0.2, 0) is 0 Å². The average Bonchev–Trinajstić information content (AvgIpc) is 2.42. The normalized spacial score (nSPS) is 10.6. The van der Waals surface area contributed by atoms with Crippen LogP contribution in [0.4, 0.5) is 21.5 Å². The molecule has 0 heterocycles. The van der Waals surface area contributed by atoms with Crippen molar-refractivity contribution in [2.45, 2.75) is 0 Å². The van der Waals surface area contributed by atoms with Gasteiger partial charge in [0.2, 0.25) is 0 Å². The molecule has 0 radical (unpaired) electrons. The van der Waals surface area contributed by atoms with Crippen molar-refractivity contribution in [3.05, 3.63) is 66.5 Å². The predicted octanol–water partition coefficient (Wildman–Crippen LogP) is 4.30. The van der Waals surface area contributed by atoms with Crippen LogP contribution in [0, 0.1) is 5.82 Å². The minimum atomic E-state index is -0.332. The van der Waals surface area contributed by atoms with Crippen LogP contribution in [-0.4, -0.2) is 0 Å². The van der Waals surface area contributed by atoms with Gasteiger partial charge in [0, 0.05) is 5.69 Å². The fourth-order valence-electron chi connectivity index (χ4n) is 2.07. The summed E-state index contributed by atoms with van der Waals surface area (Å²) in [6.07, 6.45) is 0. The Hall–Kier alpha value is -2.55. The fraction of sp³-hybridized carbons (Fsp3) is 0. The van der Waals surface area contributed by atoms with E-state index in [1.165, 1.54) is 17.5 Å². The van der Waals surface area contributed by atoms with Crippen LogP contribution in [0.2, 0.25) is 0 Å². The Kier molecular flexibility index (Phi) is 2.80. The number of fused-ring (bicyclic) bond motifs is 1. The maximum atomic E-state index is 13.0. The van der Waals surface area contributed by atoms with E-state index >= 15 is 0 Å². The van der Waals surface area contributed by atoms with Crippen LogP contribution in [0.1, 0.15) is 0 Å². The molecule has 3 rings (SSSR count). The Morgan fingerprint density at radius 3 is 2.42 bits per heavy atom. The van der Waals surface area contributed by atoms with Crippen LogP contribution >= 0.6 is 0 Å². The van der Waals surface area contributed by atoms with Crippen molar-refractivity contribution in [1.82, 2.24) is 0 Å². The van der Waals surface area contributed by atoms with Crippen LogP contribution in [0.5, 0.6) is 0 Å². The van der Waals surface area contributed by atoms with Gasteiger partial charge < -0.3 is 11.1 Å². The number of nitrogen functional groups attached to an aromatic ring is 1. The number of nitrogens with two attached hydrogens (primary N) is 1. The van der Waals surface area contributed by atoms with Crippen molar-refractivity contribution in [3.63, 3.8) is 0 Å². The van der Waals surface area contributed by atoms with E-state index in [2.05, 4.69) is 17.4 Å². The Bertz CT molecular complexity index is 738. The van der Waals surface area contributed by atoms with Gasteiger partial charge in [0.15, 0.2) is 0 Å². The average molecular weight is 252 g/mol. The van der Waals surface area contributed by atoms with E-state index in [1.807, 2.05) is 30.3 Å². The van der Waals surface area contributed by atoms with Gasteiger partial charge in [0.1, 0.15) is 5.82 Å². The zero-order chi connectivity index (χ0) is 13.2. The Morgan fingerprint density at radius 1 is 0.842 bits per heavy atom. The molecular formula is C16H13FN2. The standard InChI is InChI=1S/C16H13FN2/c17-13-6-8-16(15(18)10-13)19-14-7-5-11-3-1-2-4-12(11)9-14/h1-10,19H,18H2. The van der Waals surface area contributed by atoms with Gasteiger partial charge in [-0.1, -0.05) is 30.3 Å². The minimum absolute atomic E-state index is 0.332. The summed E-state index contributed by atoms with van der Waals surface area (Å²) in [6.45, 7) is 0. The number of hydrogen-bond donors (Lipinski definition) is 2. The van der Waals surface area contributed by atoms with Gasteiger partial charge in [0.25, 0.3) is 0 Å². The van der Waals surface area contributed by atoms with Gasteiger partial charge in [-0.3, -0.25) is 0 Å². The van der Waals surface area contributed by atoms with Gasteiger partial charge in [-0.15, -0.1) is 0 Å². The smallest absolute Gasteiger partial charge is 0.125 e. The molecule has 0 aromatic heterocycles. The highest BCUT2D eigenvalue weighted by molar-refractivity contribution is 5.87. The van der Waals surface area contributed by atoms with E-state index in [0.717, 1.165) is 11.1 Å². The molecule has 0 saturated carbocycles. The van der Waals surface area contributed by atoms with Crippen LogP contribution in [0.15, 0.2) is 60.7 Å². The lowest BCUT2D eigenvalue weighted by molar-refractivity contribution is 0.628. The van der Waals surface area contributed by atoms with Gasteiger partial charge in [-0.2, -0.15) is 0 Å². The molecule has 0 unspecified atom stereocenters. The molecule has 3 aromatic rings. The summed E-state index contributed by atoms with van der Waals surface area (Å²) in [5.41, 5.74) is 7.81. The third-order valence-electron chi connectivity index (χ3n) is 3.04. The van der Waals surface area contributed by atoms with Crippen molar-refractivity contribution >= 4 is 27.8 Å². The maximum absolute atomic E-state index is 13.0.